The number of furan rings is 1. The summed E-state index contributed by atoms with van der Waals surface area (Å²) in [6.45, 7) is 0.964. The number of hydrogen-bond donors (Lipinski definition) is 1. The van der Waals surface area contributed by atoms with Crippen LogP contribution in [0.1, 0.15) is 12.8 Å². The Morgan fingerprint density at radius 3 is 3.00 bits per heavy atom. The van der Waals surface area contributed by atoms with Gasteiger partial charge in [-0.05, 0) is 30.9 Å². The number of thiazole rings is 1. The molecule has 4 rings (SSSR count). The quantitative estimate of drug-likeness (QED) is 0.778. The van der Waals surface area contributed by atoms with Gasteiger partial charge < -0.3 is 9.73 Å². The lowest BCUT2D eigenvalue weighted by molar-refractivity contribution is 0.580. The molecule has 3 heterocycles. The van der Waals surface area contributed by atoms with Crippen molar-refractivity contribution in [2.75, 3.05) is 11.9 Å². The summed E-state index contributed by atoms with van der Waals surface area (Å²) >= 11 is 1.53. The first kappa shape index (κ1) is 12.5. The lowest BCUT2D eigenvalue weighted by Crippen LogP contribution is -2.06. The van der Waals surface area contributed by atoms with Crippen molar-refractivity contribution in [3.05, 3.63) is 36.0 Å². The van der Waals surface area contributed by atoms with Crippen molar-refractivity contribution < 1.29 is 4.42 Å². The van der Waals surface area contributed by atoms with Crippen LogP contribution in [0, 0.1) is 5.92 Å². The van der Waals surface area contributed by atoms with Crippen LogP contribution in [0.15, 0.2) is 40.5 Å². The van der Waals surface area contributed by atoms with E-state index in [9.17, 15) is 0 Å². The van der Waals surface area contributed by atoms with Crippen LogP contribution < -0.4 is 5.32 Å². The van der Waals surface area contributed by atoms with E-state index in [-0.39, 0.29) is 0 Å². The van der Waals surface area contributed by atoms with E-state index in [1.807, 2.05) is 23.6 Å². The third-order valence-corrected chi connectivity index (χ3v) is 4.16. The molecule has 0 radical (unpaired) electrons. The highest BCUT2D eigenvalue weighted by molar-refractivity contribution is 7.13. The van der Waals surface area contributed by atoms with Crippen molar-refractivity contribution >= 4 is 17.2 Å². The number of hydrogen-bond acceptors (Lipinski definition) is 6. The third kappa shape index (κ3) is 2.80. The number of anilines is 1. The molecular weight excluding hydrogens is 284 g/mol. The van der Waals surface area contributed by atoms with Gasteiger partial charge in [0.2, 0.25) is 0 Å². The van der Waals surface area contributed by atoms with Crippen molar-refractivity contribution in [2.45, 2.75) is 12.8 Å². The summed E-state index contributed by atoms with van der Waals surface area (Å²) in [7, 11) is 0. The molecule has 0 spiro atoms. The molecule has 6 heteroatoms. The molecule has 0 bridgehead atoms. The molecule has 5 nitrogen and oxygen atoms in total. The highest BCUT2D eigenvalue weighted by atomic mass is 32.1. The molecule has 3 aromatic heterocycles. The van der Waals surface area contributed by atoms with Crippen LogP contribution >= 0.6 is 11.3 Å². The molecule has 21 heavy (non-hydrogen) atoms. The second-order valence-corrected chi connectivity index (χ2v) is 6.00. The summed E-state index contributed by atoms with van der Waals surface area (Å²) in [6.07, 6.45) is 6.03. The molecule has 0 aliphatic heterocycles. The fourth-order valence-electron chi connectivity index (χ4n) is 2.09. The summed E-state index contributed by atoms with van der Waals surface area (Å²) in [6, 6.07) is 5.69. The third-order valence-electron chi connectivity index (χ3n) is 3.39. The molecular formula is C15H14N4OS. The van der Waals surface area contributed by atoms with E-state index in [4.69, 9.17) is 4.42 Å². The Hall–Kier alpha value is -2.21. The van der Waals surface area contributed by atoms with Gasteiger partial charge in [-0.15, -0.1) is 11.3 Å². The Morgan fingerprint density at radius 1 is 1.33 bits per heavy atom. The first-order valence-electron chi connectivity index (χ1n) is 6.95. The van der Waals surface area contributed by atoms with E-state index in [0.717, 1.165) is 34.7 Å². The average Bonchev–Trinajstić information content (AvgIpc) is 2.99. The highest BCUT2D eigenvalue weighted by Crippen LogP contribution is 2.30. The first-order valence-corrected chi connectivity index (χ1v) is 7.83. The van der Waals surface area contributed by atoms with Gasteiger partial charge in [-0.1, -0.05) is 0 Å². The molecule has 1 N–H and O–H groups in total. The van der Waals surface area contributed by atoms with Crippen molar-refractivity contribution in [1.29, 1.82) is 0 Å². The largest absolute Gasteiger partial charge is 0.463 e. The molecule has 0 unspecified atom stereocenters. The maximum atomic E-state index is 5.45. The Kier molecular flexibility index (Phi) is 3.16. The van der Waals surface area contributed by atoms with Crippen LogP contribution in [0.2, 0.25) is 0 Å². The van der Waals surface area contributed by atoms with Gasteiger partial charge in [-0.3, -0.25) is 0 Å². The molecule has 1 saturated carbocycles. The number of aromatic nitrogens is 3. The molecule has 3 aromatic rings. The Labute approximate surface area is 126 Å². The van der Waals surface area contributed by atoms with Gasteiger partial charge in [0, 0.05) is 24.2 Å². The van der Waals surface area contributed by atoms with Crippen molar-refractivity contribution in [3.8, 4) is 22.3 Å². The minimum absolute atomic E-state index is 0.636. The Bertz CT molecular complexity index is 668. The monoisotopic (exact) mass is 298 g/mol. The van der Waals surface area contributed by atoms with Crippen LogP contribution in [0.5, 0.6) is 0 Å². The summed E-state index contributed by atoms with van der Waals surface area (Å²) in [5.41, 5.74) is 0.776. The molecule has 0 atom stereocenters. The standard InChI is InChI=1S/C15H14N4OS/c1-2-12(20-6-1)11-8-13(17-9-10-3-4-10)19-14(18-11)15-16-5-7-21-15/h1-2,5-8,10H,3-4,9H2,(H,17,18,19). The number of nitrogens with zero attached hydrogens (tertiary/aromatic N) is 3. The van der Waals surface area contributed by atoms with Crippen LogP contribution in [0.4, 0.5) is 5.82 Å². The van der Waals surface area contributed by atoms with Gasteiger partial charge in [0.15, 0.2) is 16.6 Å². The van der Waals surface area contributed by atoms with Crippen molar-refractivity contribution in [3.63, 3.8) is 0 Å². The summed E-state index contributed by atoms with van der Waals surface area (Å²) in [5, 5.41) is 6.14. The van der Waals surface area contributed by atoms with E-state index in [1.165, 1.54) is 24.2 Å². The summed E-state index contributed by atoms with van der Waals surface area (Å²) < 4.78 is 5.45. The van der Waals surface area contributed by atoms with E-state index >= 15 is 0 Å². The lowest BCUT2D eigenvalue weighted by Gasteiger charge is -2.07. The Morgan fingerprint density at radius 2 is 2.29 bits per heavy atom. The lowest BCUT2D eigenvalue weighted by atomic mass is 10.3. The maximum Gasteiger partial charge on any atom is 0.191 e. The fourth-order valence-corrected chi connectivity index (χ4v) is 2.66. The minimum Gasteiger partial charge on any atom is -0.463 e. The zero-order valence-corrected chi connectivity index (χ0v) is 12.1. The maximum absolute atomic E-state index is 5.45. The number of rotatable bonds is 5. The van der Waals surface area contributed by atoms with Crippen LogP contribution in [0.3, 0.4) is 0 Å². The fraction of sp³-hybridized carbons (Fsp3) is 0.267. The van der Waals surface area contributed by atoms with Crippen LogP contribution in [0.25, 0.3) is 22.3 Å². The SMILES string of the molecule is c1coc(-c2cc(NCC3CC3)nc(-c3nccs3)n2)c1. The molecule has 0 saturated heterocycles. The zero-order chi connectivity index (χ0) is 14.1. The summed E-state index contributed by atoms with van der Waals surface area (Å²) in [5.74, 6) is 2.99. The van der Waals surface area contributed by atoms with E-state index in [2.05, 4.69) is 20.3 Å². The van der Waals surface area contributed by atoms with Crippen LogP contribution in [-0.4, -0.2) is 21.5 Å². The van der Waals surface area contributed by atoms with Gasteiger partial charge >= 0.3 is 0 Å². The highest BCUT2D eigenvalue weighted by Gasteiger charge is 2.21. The second-order valence-electron chi connectivity index (χ2n) is 5.10. The molecule has 1 aliphatic carbocycles. The second kappa shape index (κ2) is 5.29. The van der Waals surface area contributed by atoms with Gasteiger partial charge in [0.1, 0.15) is 11.5 Å². The Balaban J connectivity index is 1.71. The predicted octanol–water partition coefficient (Wildman–Crippen LogP) is 3.68. The van der Waals surface area contributed by atoms with E-state index in [1.54, 1.807) is 12.5 Å². The zero-order valence-electron chi connectivity index (χ0n) is 11.3. The average molecular weight is 298 g/mol. The predicted molar refractivity (Wildman–Crippen MR) is 82.1 cm³/mol. The smallest absolute Gasteiger partial charge is 0.191 e. The van der Waals surface area contributed by atoms with Gasteiger partial charge in [0.05, 0.1) is 6.26 Å². The molecule has 0 amide bonds. The summed E-state index contributed by atoms with van der Waals surface area (Å²) in [4.78, 5) is 13.4. The molecule has 106 valence electrons. The molecule has 1 fully saturated rings. The van der Waals surface area contributed by atoms with E-state index < -0.39 is 0 Å². The van der Waals surface area contributed by atoms with Gasteiger partial charge in [-0.2, -0.15) is 0 Å². The minimum atomic E-state index is 0.636. The first-order chi connectivity index (χ1) is 10.4. The number of nitrogens with one attached hydrogen (secondary N) is 1. The van der Waals surface area contributed by atoms with E-state index in [0.29, 0.717) is 5.82 Å². The van der Waals surface area contributed by atoms with Gasteiger partial charge in [-0.25, -0.2) is 15.0 Å². The van der Waals surface area contributed by atoms with Crippen molar-refractivity contribution in [2.24, 2.45) is 5.92 Å². The van der Waals surface area contributed by atoms with Crippen molar-refractivity contribution in [1.82, 2.24) is 15.0 Å². The van der Waals surface area contributed by atoms with Crippen LogP contribution in [-0.2, 0) is 0 Å². The topological polar surface area (TPSA) is 63.8 Å². The van der Waals surface area contributed by atoms with Gasteiger partial charge in [0.25, 0.3) is 0 Å². The molecule has 1 aliphatic rings. The normalized spacial score (nSPS) is 14.3. The molecule has 0 aromatic carbocycles.